The molecule has 0 aliphatic rings. The number of benzene rings is 2. The van der Waals surface area contributed by atoms with E-state index >= 15 is 0 Å². The zero-order valence-electron chi connectivity index (χ0n) is 10.6. The minimum Gasteiger partial charge on any atom is -0.449 e. The zero-order valence-corrected chi connectivity index (χ0v) is 11.3. The normalized spacial score (nSPS) is 10.3. The van der Waals surface area contributed by atoms with Gasteiger partial charge in [-0.25, -0.2) is 0 Å². The number of nitro benzene ring substituents is 1. The van der Waals surface area contributed by atoms with Gasteiger partial charge < -0.3 is 10.5 Å². The molecule has 0 aliphatic heterocycles. The van der Waals surface area contributed by atoms with E-state index in [2.05, 4.69) is 0 Å². The summed E-state index contributed by atoms with van der Waals surface area (Å²) in [6.07, 6.45) is 0.577. The molecule has 0 heterocycles. The van der Waals surface area contributed by atoms with Gasteiger partial charge >= 0.3 is 5.69 Å². The summed E-state index contributed by atoms with van der Waals surface area (Å²) in [6.45, 7) is 0.432. The second kappa shape index (κ2) is 6.36. The van der Waals surface area contributed by atoms with Gasteiger partial charge in [-0.2, -0.15) is 0 Å². The molecule has 0 aromatic heterocycles. The predicted molar refractivity (Wildman–Crippen MR) is 77.4 cm³/mol. The van der Waals surface area contributed by atoms with Crippen molar-refractivity contribution in [2.24, 2.45) is 5.73 Å². The zero-order chi connectivity index (χ0) is 14.5. The lowest BCUT2D eigenvalue weighted by Gasteiger charge is -2.08. The molecule has 0 atom stereocenters. The van der Waals surface area contributed by atoms with Crippen LogP contribution in [0.15, 0.2) is 42.5 Å². The van der Waals surface area contributed by atoms with Crippen LogP contribution in [-0.4, -0.2) is 11.5 Å². The van der Waals surface area contributed by atoms with Crippen molar-refractivity contribution in [3.63, 3.8) is 0 Å². The van der Waals surface area contributed by atoms with Crippen LogP contribution in [0.4, 0.5) is 5.69 Å². The van der Waals surface area contributed by atoms with E-state index in [1.807, 2.05) is 0 Å². The van der Waals surface area contributed by atoms with Crippen molar-refractivity contribution in [3.8, 4) is 11.5 Å². The van der Waals surface area contributed by atoms with Gasteiger partial charge in [0.25, 0.3) is 0 Å². The number of halogens is 1. The maximum absolute atomic E-state index is 11.1. The average Bonchev–Trinajstić information content (AvgIpc) is 2.43. The number of nitrogens with two attached hydrogens (primary N) is 1. The molecule has 0 radical (unpaired) electrons. The van der Waals surface area contributed by atoms with Gasteiger partial charge in [0.2, 0.25) is 5.75 Å². The van der Waals surface area contributed by atoms with E-state index in [9.17, 15) is 10.1 Å². The Kier molecular flexibility index (Phi) is 4.55. The van der Waals surface area contributed by atoms with Gasteiger partial charge in [0.05, 0.1) is 9.95 Å². The van der Waals surface area contributed by atoms with Crippen LogP contribution in [0.2, 0.25) is 5.02 Å². The summed E-state index contributed by atoms with van der Waals surface area (Å²) in [5.41, 5.74) is 6.15. The van der Waals surface area contributed by atoms with Gasteiger partial charge in [0, 0.05) is 6.07 Å². The largest absolute Gasteiger partial charge is 0.449 e. The minimum atomic E-state index is -0.480. The molecule has 0 aliphatic carbocycles. The van der Waals surface area contributed by atoms with Crippen LogP contribution in [0, 0.1) is 10.1 Å². The number of nitrogens with zero attached hydrogens (tertiary/aromatic N) is 1. The first-order valence-electron chi connectivity index (χ1n) is 6.01. The van der Waals surface area contributed by atoms with Gasteiger partial charge in [0.1, 0.15) is 5.75 Å². The standard InChI is InChI=1S/C14H13ClN2O3/c15-11-3-1-2-4-13(11)20-14-6-5-10(7-8-16)9-12(14)17(18)19/h1-6,9H,7-8,16H2. The van der Waals surface area contributed by atoms with Crippen molar-refractivity contribution in [1.82, 2.24) is 0 Å². The van der Waals surface area contributed by atoms with Gasteiger partial charge in [-0.3, -0.25) is 10.1 Å². The Morgan fingerprint density at radius 3 is 2.60 bits per heavy atom. The molecule has 5 nitrogen and oxygen atoms in total. The van der Waals surface area contributed by atoms with Crippen LogP contribution in [0.25, 0.3) is 0 Å². The van der Waals surface area contributed by atoms with E-state index in [1.54, 1.807) is 36.4 Å². The van der Waals surface area contributed by atoms with Crippen LogP contribution >= 0.6 is 11.6 Å². The van der Waals surface area contributed by atoms with Crippen molar-refractivity contribution in [1.29, 1.82) is 0 Å². The Balaban J connectivity index is 2.36. The Hall–Kier alpha value is -2.11. The molecular weight excluding hydrogens is 280 g/mol. The monoisotopic (exact) mass is 292 g/mol. The highest BCUT2D eigenvalue weighted by Crippen LogP contribution is 2.35. The molecule has 0 saturated heterocycles. The van der Waals surface area contributed by atoms with Crippen molar-refractivity contribution >= 4 is 17.3 Å². The molecule has 0 fully saturated rings. The van der Waals surface area contributed by atoms with E-state index in [1.165, 1.54) is 6.07 Å². The van der Waals surface area contributed by atoms with Crippen LogP contribution in [-0.2, 0) is 6.42 Å². The fourth-order valence-corrected chi connectivity index (χ4v) is 1.93. The van der Waals surface area contributed by atoms with E-state index in [0.29, 0.717) is 23.7 Å². The van der Waals surface area contributed by atoms with Gasteiger partial charge in [0.15, 0.2) is 0 Å². The Morgan fingerprint density at radius 2 is 1.95 bits per heavy atom. The summed E-state index contributed by atoms with van der Waals surface area (Å²) in [6, 6.07) is 11.6. The lowest BCUT2D eigenvalue weighted by Crippen LogP contribution is -2.03. The first-order chi connectivity index (χ1) is 9.61. The number of nitro groups is 1. The van der Waals surface area contributed by atoms with Crippen molar-refractivity contribution in [2.45, 2.75) is 6.42 Å². The molecule has 6 heteroatoms. The topological polar surface area (TPSA) is 78.4 Å². The summed E-state index contributed by atoms with van der Waals surface area (Å²) in [4.78, 5) is 10.6. The Morgan fingerprint density at radius 1 is 1.20 bits per heavy atom. The third-order valence-electron chi connectivity index (χ3n) is 2.71. The number of para-hydroxylation sites is 1. The summed E-state index contributed by atoms with van der Waals surface area (Å²) in [7, 11) is 0. The smallest absolute Gasteiger partial charge is 0.311 e. The SMILES string of the molecule is NCCc1ccc(Oc2ccccc2Cl)c([N+](=O)[O-])c1. The third-order valence-corrected chi connectivity index (χ3v) is 3.02. The number of ether oxygens (including phenoxy) is 1. The van der Waals surface area contributed by atoms with Crippen molar-refractivity contribution in [2.75, 3.05) is 6.54 Å². The molecule has 0 amide bonds. The van der Waals surface area contributed by atoms with Crippen LogP contribution in [0.5, 0.6) is 11.5 Å². The fourth-order valence-electron chi connectivity index (χ4n) is 1.76. The van der Waals surface area contributed by atoms with Crippen molar-refractivity contribution in [3.05, 3.63) is 63.2 Å². The first-order valence-corrected chi connectivity index (χ1v) is 6.39. The molecule has 2 N–H and O–H groups in total. The Labute approximate surface area is 121 Å². The molecule has 0 bridgehead atoms. The third kappa shape index (κ3) is 3.26. The van der Waals surface area contributed by atoms with E-state index in [-0.39, 0.29) is 11.4 Å². The molecule has 20 heavy (non-hydrogen) atoms. The quantitative estimate of drug-likeness (QED) is 0.675. The second-order valence-electron chi connectivity index (χ2n) is 4.13. The second-order valence-corrected chi connectivity index (χ2v) is 4.54. The molecule has 0 saturated carbocycles. The summed E-state index contributed by atoms with van der Waals surface area (Å²) in [5.74, 6) is 0.535. The van der Waals surface area contributed by atoms with Crippen LogP contribution in [0.1, 0.15) is 5.56 Å². The predicted octanol–water partition coefficient (Wildman–Crippen LogP) is 3.54. The van der Waals surface area contributed by atoms with Crippen molar-refractivity contribution < 1.29 is 9.66 Å². The number of rotatable bonds is 5. The molecule has 2 aromatic rings. The highest BCUT2D eigenvalue weighted by Gasteiger charge is 2.17. The summed E-state index contributed by atoms with van der Waals surface area (Å²) >= 11 is 5.98. The highest BCUT2D eigenvalue weighted by atomic mass is 35.5. The lowest BCUT2D eigenvalue weighted by atomic mass is 10.1. The molecule has 2 rings (SSSR count). The maximum atomic E-state index is 11.1. The summed E-state index contributed by atoms with van der Waals surface area (Å²) < 4.78 is 5.53. The molecule has 104 valence electrons. The van der Waals surface area contributed by atoms with Gasteiger partial charge in [-0.05, 0) is 36.7 Å². The van der Waals surface area contributed by atoms with Crippen LogP contribution in [0.3, 0.4) is 0 Å². The Bertz CT molecular complexity index is 632. The maximum Gasteiger partial charge on any atom is 0.311 e. The van der Waals surface area contributed by atoms with Gasteiger partial charge in [-0.1, -0.05) is 29.8 Å². The number of hydrogen-bond donors (Lipinski definition) is 1. The van der Waals surface area contributed by atoms with E-state index < -0.39 is 4.92 Å². The van der Waals surface area contributed by atoms with E-state index in [0.717, 1.165) is 5.56 Å². The minimum absolute atomic E-state index is 0.101. The average molecular weight is 293 g/mol. The highest BCUT2D eigenvalue weighted by molar-refractivity contribution is 6.32. The van der Waals surface area contributed by atoms with E-state index in [4.69, 9.17) is 22.1 Å². The molecular formula is C14H13ClN2O3. The van der Waals surface area contributed by atoms with Crippen LogP contribution < -0.4 is 10.5 Å². The number of hydrogen-bond acceptors (Lipinski definition) is 4. The summed E-state index contributed by atoms with van der Waals surface area (Å²) in [5, 5.41) is 11.5. The molecule has 0 unspecified atom stereocenters. The lowest BCUT2D eigenvalue weighted by molar-refractivity contribution is -0.385. The fraction of sp³-hybridized carbons (Fsp3) is 0.143. The molecule has 2 aromatic carbocycles. The first kappa shape index (κ1) is 14.3. The van der Waals surface area contributed by atoms with Gasteiger partial charge in [-0.15, -0.1) is 0 Å². The molecule has 0 spiro atoms.